The number of aliphatic imine (C=N–C) groups is 1. The topological polar surface area (TPSA) is 67.8 Å². The van der Waals surface area contributed by atoms with Crippen LogP contribution in [-0.4, -0.2) is 37.7 Å². The van der Waals surface area contributed by atoms with Gasteiger partial charge in [0.15, 0.2) is 17.5 Å². The van der Waals surface area contributed by atoms with Gasteiger partial charge in [0, 0.05) is 12.7 Å². The normalized spacial score (nSPS) is 11.9. The predicted octanol–water partition coefficient (Wildman–Crippen LogP) is 3.54. The fourth-order valence-corrected chi connectivity index (χ4v) is 2.31. The van der Waals surface area contributed by atoms with Crippen molar-refractivity contribution < 1.29 is 13.9 Å². The summed E-state index contributed by atoms with van der Waals surface area (Å²) in [6, 6.07) is 8.46. The van der Waals surface area contributed by atoms with Crippen LogP contribution in [-0.2, 0) is 0 Å². The molecule has 0 fully saturated rings. The summed E-state index contributed by atoms with van der Waals surface area (Å²) >= 11 is 0. The molecule has 2 N–H and O–H groups in total. The van der Waals surface area contributed by atoms with E-state index in [4.69, 9.17) is 9.47 Å². The van der Waals surface area contributed by atoms with Crippen molar-refractivity contribution in [3.63, 3.8) is 0 Å². The third-order valence-electron chi connectivity index (χ3n) is 3.64. The van der Waals surface area contributed by atoms with Crippen LogP contribution < -0.4 is 20.1 Å². The van der Waals surface area contributed by atoms with E-state index in [0.29, 0.717) is 24.9 Å². The zero-order valence-corrected chi connectivity index (χ0v) is 18.1. The van der Waals surface area contributed by atoms with Crippen molar-refractivity contribution >= 4 is 29.9 Å². The number of hydrogen-bond acceptors (Lipinski definition) is 4. The van der Waals surface area contributed by atoms with Gasteiger partial charge in [-0.25, -0.2) is 9.38 Å². The van der Waals surface area contributed by atoms with Crippen molar-refractivity contribution in [2.24, 2.45) is 4.99 Å². The Bertz CT molecular complexity index is 716. The van der Waals surface area contributed by atoms with Crippen molar-refractivity contribution in [1.82, 2.24) is 15.6 Å². The van der Waals surface area contributed by atoms with E-state index in [2.05, 4.69) is 20.6 Å². The van der Waals surface area contributed by atoms with Gasteiger partial charge in [-0.05, 0) is 43.7 Å². The summed E-state index contributed by atoms with van der Waals surface area (Å²) in [5.41, 5.74) is 0.806. The molecule has 0 saturated heterocycles. The van der Waals surface area contributed by atoms with Gasteiger partial charge in [-0.15, -0.1) is 24.0 Å². The average Bonchev–Trinajstić information content (AvgIpc) is 2.66. The van der Waals surface area contributed by atoms with E-state index in [0.717, 1.165) is 12.1 Å². The molecule has 2 rings (SSSR count). The summed E-state index contributed by atoms with van der Waals surface area (Å²) in [4.78, 5) is 8.48. The number of rotatable bonds is 8. The largest absolute Gasteiger partial charge is 0.494 e. The molecule has 148 valence electrons. The lowest BCUT2D eigenvalue weighted by Crippen LogP contribution is -2.39. The molecule has 6 nitrogen and oxygen atoms in total. The summed E-state index contributed by atoms with van der Waals surface area (Å²) in [5, 5.41) is 6.43. The molecular weight excluding hydrogens is 462 g/mol. The lowest BCUT2D eigenvalue weighted by Gasteiger charge is -2.18. The summed E-state index contributed by atoms with van der Waals surface area (Å²) in [5.74, 6) is 1.20. The Morgan fingerprint density at radius 3 is 2.78 bits per heavy atom. The molecule has 1 aromatic carbocycles. The van der Waals surface area contributed by atoms with Gasteiger partial charge < -0.3 is 20.1 Å². The van der Waals surface area contributed by atoms with E-state index in [9.17, 15) is 4.39 Å². The number of guanidine groups is 1. The number of nitrogens with zero attached hydrogens (tertiary/aromatic N) is 2. The van der Waals surface area contributed by atoms with Gasteiger partial charge in [0.2, 0.25) is 0 Å². The molecule has 27 heavy (non-hydrogen) atoms. The summed E-state index contributed by atoms with van der Waals surface area (Å²) in [6.07, 6.45) is 3.36. The number of pyridine rings is 1. The first-order chi connectivity index (χ1) is 12.6. The second kappa shape index (κ2) is 12.3. The summed E-state index contributed by atoms with van der Waals surface area (Å²) in [6.45, 7) is 5.57. The van der Waals surface area contributed by atoms with Gasteiger partial charge in [0.1, 0.15) is 12.4 Å². The Morgan fingerprint density at radius 2 is 2.15 bits per heavy atom. The molecular formula is C19H26FIN4O2. The monoisotopic (exact) mass is 488 g/mol. The molecule has 1 heterocycles. The molecule has 0 amide bonds. The maximum atomic E-state index is 13.9. The van der Waals surface area contributed by atoms with E-state index < -0.39 is 0 Å². The number of benzene rings is 1. The van der Waals surface area contributed by atoms with Crippen molar-refractivity contribution in [2.45, 2.75) is 19.9 Å². The average molecular weight is 488 g/mol. The van der Waals surface area contributed by atoms with Crippen LogP contribution in [0.4, 0.5) is 4.39 Å². The maximum Gasteiger partial charge on any atom is 0.191 e. The van der Waals surface area contributed by atoms with Crippen LogP contribution in [0, 0.1) is 5.82 Å². The summed E-state index contributed by atoms with van der Waals surface area (Å²) < 4.78 is 24.4. The van der Waals surface area contributed by atoms with Crippen LogP contribution >= 0.6 is 24.0 Å². The molecule has 0 aliphatic heterocycles. The smallest absolute Gasteiger partial charge is 0.191 e. The van der Waals surface area contributed by atoms with Crippen molar-refractivity contribution in [1.29, 1.82) is 0 Å². The minimum atomic E-state index is -0.384. The number of halogens is 2. The fraction of sp³-hybridized carbons (Fsp3) is 0.368. The minimum Gasteiger partial charge on any atom is -0.494 e. The highest BCUT2D eigenvalue weighted by molar-refractivity contribution is 14.0. The predicted molar refractivity (Wildman–Crippen MR) is 116 cm³/mol. The molecule has 0 radical (unpaired) electrons. The van der Waals surface area contributed by atoms with Crippen LogP contribution in [0.5, 0.6) is 11.5 Å². The number of nitrogens with one attached hydrogen (secondary N) is 2. The van der Waals surface area contributed by atoms with Crippen LogP contribution in [0.2, 0.25) is 0 Å². The Morgan fingerprint density at radius 1 is 1.33 bits per heavy atom. The van der Waals surface area contributed by atoms with Gasteiger partial charge in [-0.1, -0.05) is 6.07 Å². The van der Waals surface area contributed by atoms with Crippen molar-refractivity contribution in [3.05, 3.63) is 54.1 Å². The zero-order chi connectivity index (χ0) is 18.8. The Kier molecular flexibility index (Phi) is 10.5. The Balaban J connectivity index is 0.00000364. The molecule has 0 saturated carbocycles. The van der Waals surface area contributed by atoms with Crippen LogP contribution in [0.25, 0.3) is 0 Å². The molecule has 0 aliphatic rings. The highest BCUT2D eigenvalue weighted by Gasteiger charge is 2.11. The third-order valence-corrected chi connectivity index (χ3v) is 3.64. The molecule has 0 aliphatic carbocycles. The fourth-order valence-electron chi connectivity index (χ4n) is 2.31. The SMILES string of the molecule is CCNC(=NCCOc1cccnc1)NC(C)c1ccc(OC)c(F)c1.I. The van der Waals surface area contributed by atoms with Gasteiger partial charge in [0.25, 0.3) is 0 Å². The third kappa shape index (κ3) is 7.58. The van der Waals surface area contributed by atoms with Crippen LogP contribution in [0.15, 0.2) is 47.7 Å². The molecule has 8 heteroatoms. The Labute approximate surface area is 176 Å². The van der Waals surface area contributed by atoms with E-state index >= 15 is 0 Å². The molecule has 0 bridgehead atoms. The van der Waals surface area contributed by atoms with Gasteiger partial charge in [0.05, 0.1) is 25.9 Å². The molecule has 1 unspecified atom stereocenters. The lowest BCUT2D eigenvalue weighted by molar-refractivity contribution is 0.327. The molecule has 1 atom stereocenters. The van der Waals surface area contributed by atoms with E-state index in [1.54, 1.807) is 18.5 Å². The van der Waals surface area contributed by atoms with Crippen LogP contribution in [0.1, 0.15) is 25.5 Å². The first kappa shape index (κ1) is 22.9. The first-order valence-corrected chi connectivity index (χ1v) is 8.55. The standard InChI is InChI=1S/C19H25FN4O2.HI/c1-4-22-19(23-10-11-26-16-6-5-9-21-13-16)24-14(2)15-7-8-18(25-3)17(20)12-15;/h5-9,12-14H,4,10-11H2,1-3H3,(H2,22,23,24);1H. The van der Waals surface area contributed by atoms with Gasteiger partial charge >= 0.3 is 0 Å². The molecule has 1 aromatic heterocycles. The lowest BCUT2D eigenvalue weighted by atomic mass is 10.1. The summed E-state index contributed by atoms with van der Waals surface area (Å²) in [7, 11) is 1.45. The number of methoxy groups -OCH3 is 1. The Hall–Kier alpha value is -2.10. The van der Waals surface area contributed by atoms with E-state index in [1.165, 1.54) is 13.2 Å². The van der Waals surface area contributed by atoms with Crippen LogP contribution in [0.3, 0.4) is 0 Å². The highest BCUT2D eigenvalue weighted by atomic mass is 127. The number of aromatic nitrogens is 1. The van der Waals surface area contributed by atoms with E-state index in [-0.39, 0.29) is 41.6 Å². The van der Waals surface area contributed by atoms with E-state index in [1.807, 2.05) is 32.0 Å². The first-order valence-electron chi connectivity index (χ1n) is 8.55. The maximum absolute atomic E-state index is 13.9. The zero-order valence-electron chi connectivity index (χ0n) is 15.7. The van der Waals surface area contributed by atoms with Crippen molar-refractivity contribution in [2.75, 3.05) is 26.8 Å². The number of hydrogen-bond donors (Lipinski definition) is 2. The second-order valence-corrected chi connectivity index (χ2v) is 5.56. The second-order valence-electron chi connectivity index (χ2n) is 5.56. The van der Waals surface area contributed by atoms with Gasteiger partial charge in [-0.3, -0.25) is 4.98 Å². The molecule has 0 spiro atoms. The number of ether oxygens (including phenoxy) is 2. The van der Waals surface area contributed by atoms with Crippen molar-refractivity contribution in [3.8, 4) is 11.5 Å². The van der Waals surface area contributed by atoms with Gasteiger partial charge in [-0.2, -0.15) is 0 Å². The quantitative estimate of drug-likeness (QED) is 0.258. The highest BCUT2D eigenvalue weighted by Crippen LogP contribution is 2.21. The molecule has 2 aromatic rings. The minimum absolute atomic E-state index is 0.